The van der Waals surface area contributed by atoms with Crippen LogP contribution in [-0.2, 0) is 0 Å². The predicted molar refractivity (Wildman–Crippen MR) is 76.4 cm³/mol. The Bertz CT molecular complexity index is 526. The summed E-state index contributed by atoms with van der Waals surface area (Å²) in [4.78, 5) is 22.6. The van der Waals surface area contributed by atoms with Crippen molar-refractivity contribution in [3.63, 3.8) is 0 Å². The molecule has 20 heavy (non-hydrogen) atoms. The molecule has 0 radical (unpaired) electrons. The third kappa shape index (κ3) is 3.46. The van der Waals surface area contributed by atoms with Gasteiger partial charge in [-0.1, -0.05) is 19.8 Å². The highest BCUT2D eigenvalue weighted by Crippen LogP contribution is 2.34. The van der Waals surface area contributed by atoms with E-state index in [2.05, 4.69) is 5.32 Å². The maximum Gasteiger partial charge on any atom is 0.282 e. The van der Waals surface area contributed by atoms with Crippen molar-refractivity contribution < 1.29 is 9.72 Å². The number of benzene rings is 1. The van der Waals surface area contributed by atoms with Crippen molar-refractivity contribution in [2.75, 3.05) is 5.73 Å². The van der Waals surface area contributed by atoms with Crippen LogP contribution in [0.5, 0.6) is 0 Å². The number of nitro groups is 1. The fourth-order valence-corrected chi connectivity index (χ4v) is 2.24. The van der Waals surface area contributed by atoms with Crippen LogP contribution in [-0.4, -0.2) is 16.9 Å². The molecule has 0 heterocycles. The normalized spacial score (nSPS) is 15.7. The Morgan fingerprint density at radius 2 is 2.25 bits per heavy atom. The van der Waals surface area contributed by atoms with Gasteiger partial charge in [0.05, 0.1) is 4.92 Å². The van der Waals surface area contributed by atoms with Gasteiger partial charge < -0.3 is 11.1 Å². The average Bonchev–Trinajstić information content (AvgIpc) is 3.21. The average molecular weight is 277 g/mol. The first-order chi connectivity index (χ1) is 9.51. The number of nitrogens with zero attached hydrogens (tertiary/aromatic N) is 1. The highest BCUT2D eigenvalue weighted by Gasteiger charge is 2.27. The molecule has 6 nitrogen and oxygen atoms in total. The Balaban J connectivity index is 2.14. The maximum absolute atomic E-state index is 12.2. The highest BCUT2D eigenvalue weighted by atomic mass is 16.6. The molecule has 0 aliphatic heterocycles. The molecule has 1 aliphatic rings. The van der Waals surface area contributed by atoms with Crippen molar-refractivity contribution in [3.05, 3.63) is 33.9 Å². The lowest BCUT2D eigenvalue weighted by atomic mass is 10.1. The van der Waals surface area contributed by atoms with E-state index >= 15 is 0 Å². The van der Waals surface area contributed by atoms with E-state index in [0.717, 1.165) is 12.8 Å². The summed E-state index contributed by atoms with van der Waals surface area (Å²) in [5.41, 5.74) is 5.78. The number of nitrogen functional groups attached to an aromatic ring is 1. The summed E-state index contributed by atoms with van der Waals surface area (Å²) < 4.78 is 0. The summed E-state index contributed by atoms with van der Waals surface area (Å²) in [6, 6.07) is 4.12. The second kappa shape index (κ2) is 5.90. The van der Waals surface area contributed by atoms with E-state index in [0.29, 0.717) is 11.6 Å². The van der Waals surface area contributed by atoms with E-state index in [1.54, 1.807) is 0 Å². The van der Waals surface area contributed by atoms with Gasteiger partial charge in [0.25, 0.3) is 11.6 Å². The van der Waals surface area contributed by atoms with Crippen molar-refractivity contribution in [1.29, 1.82) is 0 Å². The molecule has 3 N–H and O–H groups in total. The van der Waals surface area contributed by atoms with Gasteiger partial charge in [-0.2, -0.15) is 0 Å². The zero-order valence-corrected chi connectivity index (χ0v) is 11.5. The lowest BCUT2D eigenvalue weighted by molar-refractivity contribution is -0.385. The third-order valence-corrected chi connectivity index (χ3v) is 3.60. The van der Waals surface area contributed by atoms with Crippen molar-refractivity contribution >= 4 is 17.3 Å². The minimum atomic E-state index is -0.559. The highest BCUT2D eigenvalue weighted by molar-refractivity contribution is 5.99. The molecular formula is C14H19N3O3. The number of nitro benzene ring substituents is 1. The van der Waals surface area contributed by atoms with E-state index in [9.17, 15) is 14.9 Å². The second-order valence-electron chi connectivity index (χ2n) is 5.29. The Morgan fingerprint density at radius 3 is 2.80 bits per heavy atom. The van der Waals surface area contributed by atoms with Gasteiger partial charge in [-0.15, -0.1) is 0 Å². The number of hydrogen-bond donors (Lipinski definition) is 2. The molecule has 108 valence electrons. The minimum Gasteiger partial charge on any atom is -0.399 e. The number of nitrogens with one attached hydrogen (secondary N) is 1. The fourth-order valence-electron chi connectivity index (χ4n) is 2.24. The van der Waals surface area contributed by atoms with Crippen LogP contribution >= 0.6 is 0 Å². The van der Waals surface area contributed by atoms with Crippen LogP contribution in [0, 0.1) is 16.0 Å². The zero-order valence-electron chi connectivity index (χ0n) is 11.5. The summed E-state index contributed by atoms with van der Waals surface area (Å²) in [6.07, 6.45) is 4.19. The van der Waals surface area contributed by atoms with Crippen molar-refractivity contribution in [2.24, 2.45) is 5.92 Å². The van der Waals surface area contributed by atoms with Crippen LogP contribution in [0.15, 0.2) is 18.2 Å². The molecule has 1 unspecified atom stereocenters. The summed E-state index contributed by atoms with van der Waals surface area (Å²) in [7, 11) is 0. The van der Waals surface area contributed by atoms with Crippen molar-refractivity contribution in [2.45, 2.75) is 38.6 Å². The molecule has 1 aromatic rings. The molecular weight excluding hydrogens is 258 g/mol. The zero-order chi connectivity index (χ0) is 14.7. The standard InChI is InChI=1S/C14H19N3O3/c1-2-11(7-9-3-4-9)16-14(18)12-8-10(15)5-6-13(12)17(19)20/h5-6,8-9,11H,2-4,7,15H2,1H3,(H,16,18). The van der Waals surface area contributed by atoms with Gasteiger partial charge in [-0.25, -0.2) is 0 Å². The van der Waals surface area contributed by atoms with E-state index in [-0.39, 0.29) is 17.3 Å². The maximum atomic E-state index is 12.2. The molecule has 1 aromatic carbocycles. The third-order valence-electron chi connectivity index (χ3n) is 3.60. The number of hydrogen-bond acceptors (Lipinski definition) is 4. The van der Waals surface area contributed by atoms with Gasteiger partial charge in [0.2, 0.25) is 0 Å². The van der Waals surface area contributed by atoms with Gasteiger partial charge in [0, 0.05) is 17.8 Å². The van der Waals surface area contributed by atoms with E-state index in [1.165, 1.54) is 31.0 Å². The van der Waals surface area contributed by atoms with E-state index < -0.39 is 10.8 Å². The number of anilines is 1. The topological polar surface area (TPSA) is 98.3 Å². The first-order valence-corrected chi connectivity index (χ1v) is 6.86. The fraction of sp³-hybridized carbons (Fsp3) is 0.500. The lowest BCUT2D eigenvalue weighted by Gasteiger charge is -2.16. The Kier molecular flexibility index (Phi) is 4.22. The molecule has 2 rings (SSSR count). The molecule has 1 saturated carbocycles. The summed E-state index contributed by atoms with van der Waals surface area (Å²) >= 11 is 0. The quantitative estimate of drug-likeness (QED) is 0.474. The molecule has 0 aromatic heterocycles. The van der Waals surface area contributed by atoms with Crippen LogP contribution in [0.1, 0.15) is 43.0 Å². The number of rotatable bonds is 6. The molecule has 0 spiro atoms. The van der Waals surface area contributed by atoms with Gasteiger partial charge >= 0.3 is 0 Å². The van der Waals surface area contributed by atoms with Crippen LogP contribution in [0.4, 0.5) is 11.4 Å². The van der Waals surface area contributed by atoms with Gasteiger partial charge in [-0.05, 0) is 30.9 Å². The Labute approximate surface area is 117 Å². The van der Waals surface area contributed by atoms with E-state index in [4.69, 9.17) is 5.73 Å². The molecule has 0 bridgehead atoms. The predicted octanol–water partition coefficient (Wildman–Crippen LogP) is 2.49. The molecule has 1 fully saturated rings. The summed E-state index contributed by atoms with van der Waals surface area (Å²) in [5.74, 6) is 0.271. The largest absolute Gasteiger partial charge is 0.399 e. The number of nitrogens with two attached hydrogens (primary N) is 1. The smallest absolute Gasteiger partial charge is 0.282 e. The molecule has 1 amide bonds. The van der Waals surface area contributed by atoms with Crippen molar-refractivity contribution in [1.82, 2.24) is 5.32 Å². The van der Waals surface area contributed by atoms with E-state index in [1.807, 2.05) is 6.92 Å². The lowest BCUT2D eigenvalue weighted by Crippen LogP contribution is -2.35. The second-order valence-corrected chi connectivity index (χ2v) is 5.29. The van der Waals surface area contributed by atoms with Crippen LogP contribution in [0.2, 0.25) is 0 Å². The first-order valence-electron chi connectivity index (χ1n) is 6.86. The SMILES string of the molecule is CCC(CC1CC1)NC(=O)c1cc(N)ccc1[N+](=O)[O-]. The van der Waals surface area contributed by atoms with Crippen LogP contribution < -0.4 is 11.1 Å². The van der Waals surface area contributed by atoms with Gasteiger partial charge in [-0.3, -0.25) is 14.9 Å². The molecule has 0 saturated heterocycles. The number of carbonyl (C=O) groups is 1. The molecule has 1 aliphatic carbocycles. The minimum absolute atomic E-state index is 0.0317. The number of carbonyl (C=O) groups excluding carboxylic acids is 1. The molecule has 1 atom stereocenters. The summed E-state index contributed by atoms with van der Waals surface area (Å²) in [6.45, 7) is 2.00. The van der Waals surface area contributed by atoms with Gasteiger partial charge in [0.15, 0.2) is 0 Å². The summed E-state index contributed by atoms with van der Waals surface area (Å²) in [5, 5.41) is 13.8. The first kappa shape index (κ1) is 14.3. The monoisotopic (exact) mass is 277 g/mol. The van der Waals surface area contributed by atoms with Crippen molar-refractivity contribution in [3.8, 4) is 0 Å². The van der Waals surface area contributed by atoms with Crippen LogP contribution in [0.25, 0.3) is 0 Å². The number of amides is 1. The van der Waals surface area contributed by atoms with Crippen LogP contribution in [0.3, 0.4) is 0 Å². The Morgan fingerprint density at radius 1 is 1.55 bits per heavy atom. The van der Waals surface area contributed by atoms with Gasteiger partial charge in [0.1, 0.15) is 5.56 Å². The molecule has 6 heteroatoms. The Hall–Kier alpha value is -2.11.